The largest absolute Gasteiger partial charge is 0.495 e. The molecule has 0 bridgehead atoms. The Hall–Kier alpha value is -4.05. The number of nitrogens with one attached hydrogen (secondary N) is 2. The molecule has 0 unspecified atom stereocenters. The fourth-order valence-corrected chi connectivity index (χ4v) is 4.18. The molecule has 0 saturated heterocycles. The Kier molecular flexibility index (Phi) is 7.21. The normalized spacial score (nSPS) is 14.7. The second-order valence-electron chi connectivity index (χ2n) is 7.93. The average Bonchev–Trinajstić information content (AvgIpc) is 3.28. The van der Waals surface area contributed by atoms with Crippen LogP contribution in [0.25, 0.3) is 0 Å². The minimum atomic E-state index is -0.651. The standard InChI is InChI=1S/C25H29N5O5/c1-15-21(24(32)27-17-10-5-6-11-18(17)33-2)22(16-9-7-12-19(34-3)23(16)35-4)30-25(26-15)28-20(29-30)13-8-14-31/h5-7,9-12,22,31H,8,13-14H2,1-4H3,(H,27,32)(H,26,28,29)/t22-/m0/s1. The van der Waals surface area contributed by atoms with Gasteiger partial charge < -0.3 is 30.0 Å². The van der Waals surface area contributed by atoms with E-state index in [4.69, 9.17) is 14.2 Å². The number of anilines is 2. The van der Waals surface area contributed by atoms with Gasteiger partial charge in [-0.3, -0.25) is 4.79 Å². The molecule has 3 N–H and O–H groups in total. The van der Waals surface area contributed by atoms with E-state index in [-0.39, 0.29) is 12.5 Å². The molecule has 184 valence electrons. The fourth-order valence-electron chi connectivity index (χ4n) is 4.18. The maximum atomic E-state index is 13.7. The summed E-state index contributed by atoms with van der Waals surface area (Å²) in [6.45, 7) is 1.86. The lowest BCUT2D eigenvalue weighted by Gasteiger charge is -2.30. The van der Waals surface area contributed by atoms with Gasteiger partial charge in [0.15, 0.2) is 17.3 Å². The number of benzene rings is 2. The number of amides is 1. The minimum Gasteiger partial charge on any atom is -0.495 e. The summed E-state index contributed by atoms with van der Waals surface area (Å²) in [7, 11) is 4.67. The molecule has 0 aliphatic carbocycles. The monoisotopic (exact) mass is 479 g/mol. The highest BCUT2D eigenvalue weighted by atomic mass is 16.5. The van der Waals surface area contributed by atoms with Crippen molar-refractivity contribution in [1.82, 2.24) is 14.8 Å². The van der Waals surface area contributed by atoms with Gasteiger partial charge in [-0.15, -0.1) is 0 Å². The first kappa shape index (κ1) is 24.1. The van der Waals surface area contributed by atoms with Crippen molar-refractivity contribution in [1.29, 1.82) is 0 Å². The number of hydrogen-bond acceptors (Lipinski definition) is 8. The number of ether oxygens (including phenoxy) is 3. The van der Waals surface area contributed by atoms with Crippen molar-refractivity contribution >= 4 is 17.5 Å². The van der Waals surface area contributed by atoms with Crippen LogP contribution in [0, 0.1) is 0 Å². The summed E-state index contributed by atoms with van der Waals surface area (Å²) in [4.78, 5) is 18.3. The zero-order valence-corrected chi connectivity index (χ0v) is 20.2. The molecule has 0 spiro atoms. The third-order valence-corrected chi connectivity index (χ3v) is 5.78. The first-order valence-electron chi connectivity index (χ1n) is 11.2. The van der Waals surface area contributed by atoms with Gasteiger partial charge in [0.05, 0.1) is 32.6 Å². The van der Waals surface area contributed by atoms with Crippen molar-refractivity contribution in [2.45, 2.75) is 25.8 Å². The van der Waals surface area contributed by atoms with Crippen LogP contribution in [0.3, 0.4) is 0 Å². The summed E-state index contributed by atoms with van der Waals surface area (Å²) in [5.74, 6) is 2.31. The number of aliphatic hydroxyl groups excluding tert-OH is 1. The van der Waals surface area contributed by atoms with Crippen molar-refractivity contribution < 1.29 is 24.1 Å². The highest BCUT2D eigenvalue weighted by Gasteiger charge is 2.36. The number of aryl methyl sites for hydroxylation is 1. The molecule has 3 aromatic rings. The molecule has 0 fully saturated rings. The zero-order chi connectivity index (χ0) is 24.9. The molecular formula is C25H29N5O5. The van der Waals surface area contributed by atoms with Gasteiger partial charge in [-0.1, -0.05) is 24.3 Å². The molecule has 4 rings (SSSR count). The van der Waals surface area contributed by atoms with Crippen molar-refractivity contribution in [3.63, 3.8) is 0 Å². The SMILES string of the molecule is COc1ccccc1NC(=O)C1=C(C)Nc2nc(CCCO)nn2[C@H]1c1cccc(OC)c1OC. The average molecular weight is 480 g/mol. The number of fused-ring (bicyclic) bond motifs is 1. The van der Waals surface area contributed by atoms with Crippen LogP contribution in [0.1, 0.15) is 30.8 Å². The van der Waals surface area contributed by atoms with E-state index in [9.17, 15) is 9.90 Å². The van der Waals surface area contributed by atoms with E-state index in [1.54, 1.807) is 44.2 Å². The Morgan fingerprint density at radius 2 is 1.83 bits per heavy atom. The van der Waals surface area contributed by atoms with Crippen molar-refractivity contribution in [3.05, 3.63) is 65.1 Å². The molecule has 0 saturated carbocycles. The summed E-state index contributed by atoms with van der Waals surface area (Å²) in [6.07, 6.45) is 1.03. The van der Waals surface area contributed by atoms with Gasteiger partial charge in [0, 0.05) is 24.3 Å². The molecule has 10 nitrogen and oxygen atoms in total. The van der Waals surface area contributed by atoms with Crippen molar-refractivity contribution in [3.8, 4) is 17.2 Å². The van der Waals surface area contributed by atoms with Crippen LogP contribution in [-0.4, -0.2) is 53.7 Å². The zero-order valence-electron chi connectivity index (χ0n) is 20.2. The van der Waals surface area contributed by atoms with Crippen LogP contribution >= 0.6 is 0 Å². The highest BCUT2D eigenvalue weighted by Crippen LogP contribution is 2.43. The van der Waals surface area contributed by atoms with E-state index >= 15 is 0 Å². The first-order chi connectivity index (χ1) is 17.0. The summed E-state index contributed by atoms with van der Waals surface area (Å²) < 4.78 is 18.3. The molecule has 35 heavy (non-hydrogen) atoms. The summed E-state index contributed by atoms with van der Waals surface area (Å²) in [6, 6.07) is 12.1. The van der Waals surface area contributed by atoms with Crippen LogP contribution < -0.4 is 24.8 Å². The number of hydrogen-bond donors (Lipinski definition) is 3. The maximum absolute atomic E-state index is 13.7. The lowest BCUT2D eigenvalue weighted by atomic mass is 9.94. The predicted molar refractivity (Wildman–Crippen MR) is 131 cm³/mol. The van der Waals surface area contributed by atoms with Crippen LogP contribution in [0.2, 0.25) is 0 Å². The lowest BCUT2D eigenvalue weighted by molar-refractivity contribution is -0.113. The van der Waals surface area contributed by atoms with Gasteiger partial charge in [-0.2, -0.15) is 10.1 Å². The van der Waals surface area contributed by atoms with E-state index in [1.807, 2.05) is 31.2 Å². The Morgan fingerprint density at radius 3 is 2.54 bits per heavy atom. The van der Waals surface area contributed by atoms with E-state index in [0.29, 0.717) is 64.4 Å². The summed E-state index contributed by atoms with van der Waals surface area (Å²) in [5.41, 5.74) is 2.30. The first-order valence-corrected chi connectivity index (χ1v) is 11.2. The second kappa shape index (κ2) is 10.5. The van der Waals surface area contributed by atoms with Gasteiger partial charge >= 0.3 is 0 Å². The van der Waals surface area contributed by atoms with Gasteiger partial charge in [-0.25, -0.2) is 4.68 Å². The number of para-hydroxylation sites is 3. The number of rotatable bonds is 9. The number of methoxy groups -OCH3 is 3. The van der Waals surface area contributed by atoms with Crippen LogP contribution in [0.5, 0.6) is 17.2 Å². The minimum absolute atomic E-state index is 0.0360. The number of nitrogens with zero attached hydrogens (tertiary/aromatic N) is 3. The highest BCUT2D eigenvalue weighted by molar-refractivity contribution is 6.06. The molecule has 0 radical (unpaired) electrons. The van der Waals surface area contributed by atoms with Gasteiger partial charge in [-0.05, 0) is 31.5 Å². The van der Waals surface area contributed by atoms with Crippen molar-refractivity contribution in [2.24, 2.45) is 0 Å². The lowest BCUT2D eigenvalue weighted by Crippen LogP contribution is -2.32. The van der Waals surface area contributed by atoms with E-state index in [1.165, 1.54) is 0 Å². The number of carbonyl (C=O) groups is 1. The van der Waals surface area contributed by atoms with Gasteiger partial charge in [0.1, 0.15) is 11.8 Å². The Balaban J connectivity index is 1.84. The smallest absolute Gasteiger partial charge is 0.255 e. The quantitative estimate of drug-likeness (QED) is 0.428. The number of aliphatic hydroxyl groups is 1. The number of aromatic nitrogens is 3. The Labute approximate surface area is 203 Å². The fraction of sp³-hybridized carbons (Fsp3) is 0.320. The molecule has 1 aliphatic rings. The molecule has 1 atom stereocenters. The van der Waals surface area contributed by atoms with Gasteiger partial charge in [0.2, 0.25) is 5.95 Å². The van der Waals surface area contributed by atoms with E-state index in [0.717, 1.165) is 0 Å². The second-order valence-corrected chi connectivity index (χ2v) is 7.93. The van der Waals surface area contributed by atoms with Gasteiger partial charge in [0.25, 0.3) is 5.91 Å². The number of carbonyl (C=O) groups excluding carboxylic acids is 1. The third-order valence-electron chi connectivity index (χ3n) is 5.78. The Bertz CT molecular complexity index is 1250. The molecule has 1 aromatic heterocycles. The topological polar surface area (TPSA) is 120 Å². The molecule has 10 heteroatoms. The molecule has 2 aromatic carbocycles. The summed E-state index contributed by atoms with van der Waals surface area (Å²) >= 11 is 0. The molecular weight excluding hydrogens is 450 g/mol. The number of allylic oxidation sites excluding steroid dienone is 1. The van der Waals surface area contributed by atoms with Crippen molar-refractivity contribution in [2.75, 3.05) is 38.6 Å². The Morgan fingerprint density at radius 1 is 1.09 bits per heavy atom. The van der Waals surface area contributed by atoms with Crippen LogP contribution in [0.15, 0.2) is 53.7 Å². The molecule has 1 aliphatic heterocycles. The van der Waals surface area contributed by atoms with Crippen LogP contribution in [0.4, 0.5) is 11.6 Å². The molecule has 1 amide bonds. The van der Waals surface area contributed by atoms with E-state index in [2.05, 4.69) is 20.7 Å². The van der Waals surface area contributed by atoms with Crippen LogP contribution in [-0.2, 0) is 11.2 Å². The maximum Gasteiger partial charge on any atom is 0.255 e. The van der Waals surface area contributed by atoms with E-state index < -0.39 is 6.04 Å². The summed E-state index contributed by atoms with van der Waals surface area (Å²) in [5, 5.41) is 20.1. The molecule has 2 heterocycles. The predicted octanol–water partition coefficient (Wildman–Crippen LogP) is 3.16. The third kappa shape index (κ3) is 4.65.